The van der Waals surface area contributed by atoms with Gasteiger partial charge in [0.1, 0.15) is 5.70 Å². The van der Waals surface area contributed by atoms with Gasteiger partial charge in [-0.1, -0.05) is 51.5 Å². The predicted octanol–water partition coefficient (Wildman–Crippen LogP) is 5.83. The zero-order valence-electron chi connectivity index (χ0n) is 23.9. The Bertz CT molecular complexity index is 1170. The molecule has 0 aliphatic carbocycles. The highest BCUT2D eigenvalue weighted by Crippen LogP contribution is 2.28. The molecule has 1 atom stereocenters. The standard InChI is InChI=1S/C31H43N5O2/c1-7-21(4)18-27(32)29(35-22(5)25-14-16-36(17-15-25)28(37)9-3)30-24(8-2)20-34-31(38-30)26-12-10-23(11-13-26)19-33-6/h8,10-14,21,32-33H,7,9,15-20H2,1-6H3/b24-8-,30-29-,32-27?,35-22?. The van der Waals surface area contributed by atoms with Crippen LogP contribution in [-0.4, -0.2) is 54.8 Å². The van der Waals surface area contributed by atoms with Crippen molar-refractivity contribution in [1.29, 1.82) is 5.41 Å². The van der Waals surface area contributed by atoms with Crippen LogP contribution in [0.1, 0.15) is 71.4 Å². The SMILES string of the molecule is C/C=C1/CN=C(c2ccc(CNC)cc2)O/C1=C(\N=C(C)C1=CCN(C(=O)CC)CC1)C(=N)CC(C)CC. The predicted molar refractivity (Wildman–Crippen MR) is 157 cm³/mol. The second-order valence-corrected chi connectivity index (χ2v) is 10.0. The first-order valence-electron chi connectivity index (χ1n) is 13.8. The van der Waals surface area contributed by atoms with Crippen molar-refractivity contribution >= 4 is 23.2 Å². The lowest BCUT2D eigenvalue weighted by Crippen LogP contribution is -2.35. The number of nitrogens with zero attached hydrogens (tertiary/aromatic N) is 3. The molecule has 1 aromatic carbocycles. The van der Waals surface area contributed by atoms with E-state index in [0.717, 1.165) is 41.8 Å². The summed E-state index contributed by atoms with van der Waals surface area (Å²) in [5.41, 5.74) is 6.05. The van der Waals surface area contributed by atoms with Crippen LogP contribution in [0.2, 0.25) is 0 Å². The maximum atomic E-state index is 12.1. The maximum Gasteiger partial charge on any atom is 0.222 e. The Kier molecular flexibility index (Phi) is 10.8. The van der Waals surface area contributed by atoms with Gasteiger partial charge in [-0.15, -0.1) is 0 Å². The lowest BCUT2D eigenvalue weighted by molar-refractivity contribution is -0.130. The van der Waals surface area contributed by atoms with Crippen molar-refractivity contribution in [3.05, 3.63) is 70.1 Å². The highest BCUT2D eigenvalue weighted by molar-refractivity contribution is 6.06. The third-order valence-electron chi connectivity index (χ3n) is 7.17. The van der Waals surface area contributed by atoms with Crippen LogP contribution >= 0.6 is 0 Å². The zero-order chi connectivity index (χ0) is 27.7. The molecule has 0 saturated carbocycles. The van der Waals surface area contributed by atoms with Gasteiger partial charge in [0.2, 0.25) is 11.8 Å². The van der Waals surface area contributed by atoms with E-state index in [4.69, 9.17) is 20.1 Å². The average molecular weight is 518 g/mol. The molecule has 0 spiro atoms. The molecule has 1 unspecified atom stereocenters. The molecule has 0 fully saturated rings. The van der Waals surface area contributed by atoms with E-state index in [2.05, 4.69) is 37.4 Å². The van der Waals surface area contributed by atoms with Gasteiger partial charge >= 0.3 is 0 Å². The van der Waals surface area contributed by atoms with E-state index < -0.39 is 0 Å². The smallest absolute Gasteiger partial charge is 0.222 e. The van der Waals surface area contributed by atoms with Crippen molar-refractivity contribution in [1.82, 2.24) is 10.2 Å². The molecule has 2 aliphatic rings. The first-order chi connectivity index (χ1) is 18.3. The maximum absolute atomic E-state index is 12.1. The minimum Gasteiger partial charge on any atom is -0.436 e. The molecule has 1 aromatic rings. The molecule has 0 bridgehead atoms. The Morgan fingerprint density at radius 2 is 2.03 bits per heavy atom. The molecule has 1 amide bonds. The van der Waals surface area contributed by atoms with Crippen LogP contribution in [-0.2, 0) is 16.1 Å². The number of ether oxygens (including phenoxy) is 1. The second kappa shape index (κ2) is 14.0. The fourth-order valence-electron chi connectivity index (χ4n) is 4.50. The minimum atomic E-state index is 0.173. The lowest BCUT2D eigenvalue weighted by atomic mass is 9.97. The number of hydrogen-bond acceptors (Lipinski definition) is 6. The van der Waals surface area contributed by atoms with Crippen LogP contribution in [0.5, 0.6) is 0 Å². The van der Waals surface area contributed by atoms with Gasteiger partial charge < -0.3 is 20.4 Å². The van der Waals surface area contributed by atoms with Crippen molar-refractivity contribution in [3.8, 4) is 0 Å². The fraction of sp³-hybridized carbons (Fsp3) is 0.484. The van der Waals surface area contributed by atoms with Crippen LogP contribution < -0.4 is 5.32 Å². The van der Waals surface area contributed by atoms with Gasteiger partial charge in [-0.05, 0) is 62.9 Å². The van der Waals surface area contributed by atoms with Gasteiger partial charge in [0.25, 0.3) is 0 Å². The van der Waals surface area contributed by atoms with E-state index in [1.54, 1.807) is 0 Å². The van der Waals surface area contributed by atoms with E-state index in [9.17, 15) is 4.79 Å². The number of benzene rings is 1. The van der Waals surface area contributed by atoms with Crippen molar-refractivity contribution < 1.29 is 9.53 Å². The summed E-state index contributed by atoms with van der Waals surface area (Å²) in [6, 6.07) is 8.20. The van der Waals surface area contributed by atoms with Crippen molar-refractivity contribution in [2.75, 3.05) is 26.7 Å². The normalized spacial score (nSPS) is 19.5. The summed E-state index contributed by atoms with van der Waals surface area (Å²) in [6.07, 6.45) is 6.98. The van der Waals surface area contributed by atoms with E-state index in [1.807, 2.05) is 50.9 Å². The zero-order valence-corrected chi connectivity index (χ0v) is 23.9. The molecular weight excluding hydrogens is 474 g/mol. The van der Waals surface area contributed by atoms with E-state index in [-0.39, 0.29) is 5.91 Å². The summed E-state index contributed by atoms with van der Waals surface area (Å²) in [7, 11) is 1.93. The number of carbonyl (C=O) groups excluding carboxylic acids is 1. The molecule has 0 aromatic heterocycles. The molecule has 204 valence electrons. The van der Waals surface area contributed by atoms with Crippen LogP contribution in [0.3, 0.4) is 0 Å². The topological polar surface area (TPSA) is 90.1 Å². The van der Waals surface area contributed by atoms with Gasteiger partial charge in [-0.2, -0.15) is 0 Å². The molecule has 38 heavy (non-hydrogen) atoms. The first-order valence-corrected chi connectivity index (χ1v) is 13.8. The van der Waals surface area contributed by atoms with E-state index in [0.29, 0.717) is 61.5 Å². The Morgan fingerprint density at radius 3 is 2.61 bits per heavy atom. The van der Waals surface area contributed by atoms with Crippen LogP contribution in [0.15, 0.2) is 69.0 Å². The summed E-state index contributed by atoms with van der Waals surface area (Å²) in [6.45, 7) is 12.7. The highest BCUT2D eigenvalue weighted by atomic mass is 16.5. The number of carbonyl (C=O) groups is 1. The number of rotatable bonds is 10. The van der Waals surface area contributed by atoms with Crippen molar-refractivity contribution in [2.24, 2.45) is 15.9 Å². The third kappa shape index (κ3) is 7.38. The lowest BCUT2D eigenvalue weighted by Gasteiger charge is -2.26. The monoisotopic (exact) mass is 517 g/mol. The Balaban J connectivity index is 2.00. The highest BCUT2D eigenvalue weighted by Gasteiger charge is 2.25. The summed E-state index contributed by atoms with van der Waals surface area (Å²) in [5.74, 6) is 1.70. The average Bonchev–Trinajstić information content (AvgIpc) is 2.95. The number of hydrogen-bond donors (Lipinski definition) is 2. The van der Waals surface area contributed by atoms with E-state index >= 15 is 0 Å². The summed E-state index contributed by atoms with van der Waals surface area (Å²) in [5, 5.41) is 12.2. The Morgan fingerprint density at radius 1 is 1.29 bits per heavy atom. The van der Waals surface area contributed by atoms with Gasteiger partial charge in [0, 0.05) is 42.9 Å². The number of allylic oxidation sites excluding steroid dienone is 2. The number of amides is 1. The molecule has 7 nitrogen and oxygen atoms in total. The van der Waals surface area contributed by atoms with Crippen molar-refractivity contribution in [3.63, 3.8) is 0 Å². The molecule has 2 N–H and O–H groups in total. The summed E-state index contributed by atoms with van der Waals surface area (Å²) in [4.78, 5) is 23.7. The fourth-order valence-corrected chi connectivity index (χ4v) is 4.50. The van der Waals surface area contributed by atoms with E-state index in [1.165, 1.54) is 5.56 Å². The molecular formula is C31H43N5O2. The molecule has 2 heterocycles. The first kappa shape index (κ1) is 29.2. The summed E-state index contributed by atoms with van der Waals surface area (Å²) >= 11 is 0. The molecule has 0 radical (unpaired) electrons. The van der Waals surface area contributed by atoms with Gasteiger partial charge in [0.05, 0.1) is 12.3 Å². The van der Waals surface area contributed by atoms with Gasteiger partial charge in [0.15, 0.2) is 5.76 Å². The van der Waals surface area contributed by atoms with Gasteiger partial charge in [-0.3, -0.25) is 4.79 Å². The Hall–Kier alpha value is -3.32. The van der Waals surface area contributed by atoms with Crippen molar-refractivity contribution in [2.45, 2.75) is 66.8 Å². The number of nitrogens with one attached hydrogen (secondary N) is 2. The molecule has 3 rings (SSSR count). The Labute approximate surface area is 228 Å². The minimum absolute atomic E-state index is 0.173. The number of aliphatic imine (C=N–C) groups is 2. The molecule has 2 aliphatic heterocycles. The molecule has 0 saturated heterocycles. The third-order valence-corrected chi connectivity index (χ3v) is 7.17. The van der Waals surface area contributed by atoms with Crippen LogP contribution in [0.4, 0.5) is 0 Å². The quantitative estimate of drug-likeness (QED) is 0.383. The summed E-state index contributed by atoms with van der Waals surface area (Å²) < 4.78 is 6.45. The van der Waals surface area contributed by atoms with Gasteiger partial charge in [-0.25, -0.2) is 9.98 Å². The second-order valence-electron chi connectivity index (χ2n) is 10.0. The van der Waals surface area contributed by atoms with Crippen LogP contribution in [0, 0.1) is 11.3 Å². The largest absolute Gasteiger partial charge is 0.436 e. The molecule has 7 heteroatoms. The van der Waals surface area contributed by atoms with Crippen LogP contribution in [0.25, 0.3) is 0 Å².